The first-order chi connectivity index (χ1) is 13.2. The summed E-state index contributed by atoms with van der Waals surface area (Å²) < 4.78 is 32.1. The molecule has 0 atom stereocenters. The molecule has 0 unspecified atom stereocenters. The molecule has 29 heavy (non-hydrogen) atoms. The van der Waals surface area contributed by atoms with Gasteiger partial charge in [0.15, 0.2) is 0 Å². The third kappa shape index (κ3) is 5.32. The molecule has 2 rings (SSSR count). The Balaban J connectivity index is 2.32. The summed E-state index contributed by atoms with van der Waals surface area (Å²) >= 11 is 5.89. The third-order valence-electron chi connectivity index (χ3n) is 4.43. The highest BCUT2D eigenvalue weighted by molar-refractivity contribution is 7.89. The van der Waals surface area contributed by atoms with Crippen LogP contribution in [0.15, 0.2) is 33.8 Å². The second kappa shape index (κ2) is 8.38. The lowest BCUT2D eigenvalue weighted by Crippen LogP contribution is -2.34. The Hall–Kier alpha value is -2.03. The average molecular weight is 443 g/mol. The molecule has 1 aromatic heterocycles. The van der Waals surface area contributed by atoms with E-state index in [1.807, 2.05) is 50.6 Å². The number of furan rings is 1. The molecule has 0 fully saturated rings. The molecule has 3 N–H and O–H groups in total. The number of carbonyl (C=O) groups excluding carboxylic acids is 1. The molecule has 0 bridgehead atoms. The monoisotopic (exact) mass is 442 g/mol. The predicted molar refractivity (Wildman–Crippen MR) is 113 cm³/mol. The van der Waals surface area contributed by atoms with E-state index >= 15 is 0 Å². The normalized spacial score (nSPS) is 12.5. The van der Waals surface area contributed by atoms with Crippen LogP contribution in [0.25, 0.3) is 0 Å². The van der Waals surface area contributed by atoms with Crippen LogP contribution in [-0.4, -0.2) is 19.6 Å². The third-order valence-corrected chi connectivity index (χ3v) is 5.89. The first kappa shape index (κ1) is 23.3. The van der Waals surface area contributed by atoms with Gasteiger partial charge in [0, 0.05) is 17.3 Å². The summed E-state index contributed by atoms with van der Waals surface area (Å²) in [6.45, 7) is 10.8. The quantitative estimate of drug-likeness (QED) is 0.588. The highest BCUT2D eigenvalue weighted by atomic mass is 35.5. The average Bonchev–Trinajstić information content (AvgIpc) is 2.97. The Morgan fingerprint density at radius 1 is 1.14 bits per heavy atom. The molecular formula is C20H27ClN2O5S. The fourth-order valence-corrected chi connectivity index (χ4v) is 4.18. The number of sulfonamides is 1. The lowest BCUT2D eigenvalue weighted by molar-refractivity contribution is 0.0781. The van der Waals surface area contributed by atoms with Crippen LogP contribution in [0.3, 0.4) is 0 Å². The van der Waals surface area contributed by atoms with Gasteiger partial charge in [-0.05, 0) is 48.4 Å². The highest BCUT2D eigenvalue weighted by Crippen LogP contribution is 2.34. The molecule has 0 radical (unpaired) electrons. The number of aliphatic hydroxyl groups is 1. The summed E-state index contributed by atoms with van der Waals surface area (Å²) in [6.07, 6.45) is 0. The number of para-hydroxylation sites is 1. The van der Waals surface area contributed by atoms with Gasteiger partial charge in [0.2, 0.25) is 10.3 Å². The standard InChI is InChI=1S/C20H27ClN2O5S/c1-11(2)13-8-7-9-14(12(3)4)17(13)22-19(24)23-29(26,27)16-10-15(18(21)28-16)20(5,6)25/h7-12,25H,1-6H3,(H2,22,23,24). The minimum atomic E-state index is -4.33. The molecule has 9 heteroatoms. The van der Waals surface area contributed by atoms with Crippen LogP contribution in [0.4, 0.5) is 10.5 Å². The predicted octanol–water partition coefficient (Wildman–Crippen LogP) is 4.92. The zero-order chi connectivity index (χ0) is 22.1. The first-order valence-corrected chi connectivity index (χ1v) is 11.1. The largest absolute Gasteiger partial charge is 0.431 e. The molecule has 2 aromatic rings. The number of hydrogen-bond donors (Lipinski definition) is 3. The zero-order valence-corrected chi connectivity index (χ0v) is 18.9. The maximum absolute atomic E-state index is 12.6. The molecule has 0 spiro atoms. The molecule has 0 aliphatic heterocycles. The summed E-state index contributed by atoms with van der Waals surface area (Å²) in [6, 6.07) is 5.87. The van der Waals surface area contributed by atoms with Crippen LogP contribution in [-0.2, 0) is 15.6 Å². The number of carbonyl (C=O) groups is 1. The Bertz CT molecular complexity index is 978. The number of anilines is 1. The van der Waals surface area contributed by atoms with Crippen molar-refractivity contribution in [2.24, 2.45) is 0 Å². The van der Waals surface area contributed by atoms with Gasteiger partial charge in [0.25, 0.3) is 10.0 Å². The molecule has 2 amide bonds. The number of benzene rings is 1. The van der Waals surface area contributed by atoms with E-state index in [9.17, 15) is 18.3 Å². The van der Waals surface area contributed by atoms with Crippen LogP contribution >= 0.6 is 11.6 Å². The fraction of sp³-hybridized carbons (Fsp3) is 0.450. The number of halogens is 1. The van der Waals surface area contributed by atoms with Crippen molar-refractivity contribution in [3.63, 3.8) is 0 Å². The summed E-state index contributed by atoms with van der Waals surface area (Å²) in [7, 11) is -4.33. The lowest BCUT2D eigenvalue weighted by Gasteiger charge is -2.20. The van der Waals surface area contributed by atoms with E-state index in [2.05, 4.69) is 5.32 Å². The van der Waals surface area contributed by atoms with Crippen LogP contribution < -0.4 is 10.0 Å². The molecule has 0 aliphatic carbocycles. The Morgan fingerprint density at radius 2 is 1.66 bits per heavy atom. The molecule has 1 heterocycles. The Labute approximate surface area is 176 Å². The number of amides is 2. The molecule has 7 nitrogen and oxygen atoms in total. The smallest absolute Gasteiger partial charge is 0.333 e. The van der Waals surface area contributed by atoms with Gasteiger partial charge in [0.1, 0.15) is 0 Å². The summed E-state index contributed by atoms with van der Waals surface area (Å²) in [5.74, 6) is 0.248. The molecular weight excluding hydrogens is 416 g/mol. The van der Waals surface area contributed by atoms with Crippen molar-refractivity contribution in [1.29, 1.82) is 0 Å². The molecule has 0 saturated heterocycles. The second-order valence-electron chi connectivity index (χ2n) is 7.99. The van der Waals surface area contributed by atoms with Crippen molar-refractivity contribution in [3.05, 3.63) is 46.2 Å². The molecule has 160 valence electrons. The Kier molecular flexibility index (Phi) is 6.71. The van der Waals surface area contributed by atoms with Crippen LogP contribution in [0.1, 0.15) is 70.1 Å². The lowest BCUT2D eigenvalue weighted by atomic mass is 9.93. The van der Waals surface area contributed by atoms with E-state index in [1.165, 1.54) is 13.8 Å². The van der Waals surface area contributed by atoms with Crippen molar-refractivity contribution in [2.75, 3.05) is 5.32 Å². The molecule has 1 aromatic carbocycles. The first-order valence-electron chi connectivity index (χ1n) is 9.22. The van der Waals surface area contributed by atoms with E-state index < -0.39 is 26.7 Å². The maximum Gasteiger partial charge on any atom is 0.333 e. The summed E-state index contributed by atoms with van der Waals surface area (Å²) in [5, 5.41) is 11.9. The number of urea groups is 1. The minimum absolute atomic E-state index is 0.104. The van der Waals surface area contributed by atoms with Gasteiger partial charge >= 0.3 is 6.03 Å². The topological polar surface area (TPSA) is 109 Å². The minimum Gasteiger partial charge on any atom is -0.431 e. The van der Waals surface area contributed by atoms with Gasteiger partial charge < -0.3 is 14.8 Å². The highest BCUT2D eigenvalue weighted by Gasteiger charge is 2.30. The van der Waals surface area contributed by atoms with Crippen molar-refractivity contribution >= 4 is 33.3 Å². The summed E-state index contributed by atoms with van der Waals surface area (Å²) in [4.78, 5) is 12.5. The molecule has 0 saturated carbocycles. The van der Waals surface area contributed by atoms with Crippen molar-refractivity contribution in [1.82, 2.24) is 4.72 Å². The number of hydrogen-bond acceptors (Lipinski definition) is 5. The molecule has 0 aliphatic rings. The van der Waals surface area contributed by atoms with E-state index in [0.29, 0.717) is 5.69 Å². The number of nitrogens with one attached hydrogen (secondary N) is 2. The number of rotatable bonds is 6. The summed E-state index contributed by atoms with van der Waals surface area (Å²) in [5.41, 5.74) is 1.08. The zero-order valence-electron chi connectivity index (χ0n) is 17.3. The van der Waals surface area contributed by atoms with E-state index in [4.69, 9.17) is 16.0 Å². The fourth-order valence-electron chi connectivity index (χ4n) is 2.90. The van der Waals surface area contributed by atoms with Crippen LogP contribution in [0.5, 0.6) is 0 Å². The van der Waals surface area contributed by atoms with Gasteiger partial charge in [-0.25, -0.2) is 9.52 Å². The van der Waals surface area contributed by atoms with Crippen molar-refractivity contribution < 1.29 is 22.7 Å². The second-order valence-corrected chi connectivity index (χ2v) is 9.95. The van der Waals surface area contributed by atoms with Crippen LogP contribution in [0, 0.1) is 0 Å². The SMILES string of the molecule is CC(C)c1cccc(C(C)C)c1NC(=O)NS(=O)(=O)c1cc(C(C)(C)O)c(Cl)o1. The van der Waals surface area contributed by atoms with Crippen molar-refractivity contribution in [2.45, 2.75) is 64.1 Å². The van der Waals surface area contributed by atoms with Gasteiger partial charge in [0.05, 0.1) is 5.60 Å². The van der Waals surface area contributed by atoms with E-state index in [1.54, 1.807) is 0 Å². The van der Waals surface area contributed by atoms with E-state index in [-0.39, 0.29) is 22.6 Å². The van der Waals surface area contributed by atoms with Gasteiger partial charge in [-0.2, -0.15) is 8.42 Å². The van der Waals surface area contributed by atoms with Gasteiger partial charge in [-0.1, -0.05) is 45.9 Å². The van der Waals surface area contributed by atoms with Gasteiger partial charge in [-0.3, -0.25) is 0 Å². The Morgan fingerprint density at radius 3 is 2.07 bits per heavy atom. The maximum atomic E-state index is 12.6. The van der Waals surface area contributed by atoms with Crippen molar-refractivity contribution in [3.8, 4) is 0 Å². The van der Waals surface area contributed by atoms with Gasteiger partial charge in [-0.15, -0.1) is 0 Å². The van der Waals surface area contributed by atoms with Crippen LogP contribution in [0.2, 0.25) is 5.22 Å². The van der Waals surface area contributed by atoms with E-state index in [0.717, 1.165) is 17.2 Å².